The molecular formula is C15H22N3S+. The van der Waals surface area contributed by atoms with E-state index in [-0.39, 0.29) is 0 Å². The molecule has 102 valence electrons. The van der Waals surface area contributed by atoms with Crippen LogP contribution in [0.4, 0.5) is 11.4 Å². The molecule has 0 saturated heterocycles. The maximum atomic E-state index is 3.73. The van der Waals surface area contributed by atoms with Crippen LogP contribution in [-0.2, 0) is 0 Å². The van der Waals surface area contributed by atoms with Crippen molar-refractivity contribution < 1.29 is 4.58 Å². The fourth-order valence-electron chi connectivity index (χ4n) is 2.94. The van der Waals surface area contributed by atoms with E-state index in [9.17, 15) is 0 Å². The van der Waals surface area contributed by atoms with E-state index >= 15 is 0 Å². The van der Waals surface area contributed by atoms with Crippen LogP contribution >= 0.6 is 11.8 Å². The molecule has 1 fully saturated rings. The van der Waals surface area contributed by atoms with Gasteiger partial charge in [-0.1, -0.05) is 0 Å². The quantitative estimate of drug-likeness (QED) is 0.772. The van der Waals surface area contributed by atoms with Gasteiger partial charge in [0.2, 0.25) is 0 Å². The molecule has 0 bridgehead atoms. The van der Waals surface area contributed by atoms with Gasteiger partial charge in [0.1, 0.15) is 14.1 Å². The van der Waals surface area contributed by atoms with E-state index in [0.29, 0.717) is 11.3 Å². The minimum Gasteiger partial charge on any atom is -0.388 e. The number of hydrogen-bond acceptors (Lipinski definition) is 3. The summed E-state index contributed by atoms with van der Waals surface area (Å²) in [5.74, 6) is 0. The van der Waals surface area contributed by atoms with Gasteiger partial charge in [0.15, 0.2) is 5.71 Å². The second-order valence-corrected chi connectivity index (χ2v) is 6.85. The fraction of sp³-hybridized carbons (Fsp3) is 0.533. The molecule has 0 aromatic heterocycles. The van der Waals surface area contributed by atoms with Crippen LogP contribution in [0, 0.1) is 0 Å². The van der Waals surface area contributed by atoms with Crippen molar-refractivity contribution in [3.05, 3.63) is 18.2 Å². The van der Waals surface area contributed by atoms with E-state index in [1.807, 2.05) is 18.8 Å². The lowest BCUT2D eigenvalue weighted by molar-refractivity contribution is -0.467. The second kappa shape index (κ2) is 5.08. The normalized spacial score (nSPS) is 25.1. The summed E-state index contributed by atoms with van der Waals surface area (Å²) in [4.78, 5) is 1.38. The van der Waals surface area contributed by atoms with E-state index in [2.05, 4.69) is 47.5 Å². The SMILES string of the molecule is CNc1ccc2c(c1)S[C@@H]1CC(=[N+](C)C)CC[C@@H]1N2. The van der Waals surface area contributed by atoms with Gasteiger partial charge in [0.25, 0.3) is 0 Å². The molecule has 3 nitrogen and oxygen atoms in total. The zero-order valence-electron chi connectivity index (χ0n) is 11.9. The maximum absolute atomic E-state index is 3.73. The lowest BCUT2D eigenvalue weighted by atomic mass is 9.92. The molecule has 0 amide bonds. The van der Waals surface area contributed by atoms with Crippen molar-refractivity contribution >= 4 is 28.8 Å². The summed E-state index contributed by atoms with van der Waals surface area (Å²) in [6.07, 6.45) is 3.68. The summed E-state index contributed by atoms with van der Waals surface area (Å²) in [5, 5.41) is 7.62. The Morgan fingerprint density at radius 1 is 1.37 bits per heavy atom. The third-order valence-electron chi connectivity index (χ3n) is 4.15. The third-order valence-corrected chi connectivity index (χ3v) is 5.54. The summed E-state index contributed by atoms with van der Waals surface area (Å²) >= 11 is 2.04. The zero-order valence-corrected chi connectivity index (χ0v) is 12.7. The standard InChI is InChI=1S/C15H22N3S/c1-16-10-4-6-12-14(8-10)19-15-9-11(18(2)3)5-7-13(15)17-12/h4,6,8,13,15-17H,5,7,9H2,1-3H3/q+1/t13-,15+/m0/s1. The maximum Gasteiger partial charge on any atom is 0.153 e. The minimum absolute atomic E-state index is 0.627. The predicted molar refractivity (Wildman–Crippen MR) is 84.0 cm³/mol. The van der Waals surface area contributed by atoms with Crippen LogP contribution in [0.15, 0.2) is 23.1 Å². The smallest absolute Gasteiger partial charge is 0.153 e. The minimum atomic E-state index is 0.627. The largest absolute Gasteiger partial charge is 0.388 e. The average Bonchev–Trinajstić information content (AvgIpc) is 2.43. The van der Waals surface area contributed by atoms with Crippen molar-refractivity contribution in [1.29, 1.82) is 0 Å². The summed E-state index contributed by atoms with van der Waals surface area (Å²) in [5.41, 5.74) is 4.08. The van der Waals surface area contributed by atoms with Gasteiger partial charge in [-0.3, -0.25) is 0 Å². The molecule has 2 N–H and O–H groups in total. The molecule has 3 rings (SSSR count). The number of fused-ring (bicyclic) bond motifs is 2. The molecule has 1 aromatic rings. The summed E-state index contributed by atoms with van der Waals surface area (Å²) in [6.45, 7) is 0. The van der Waals surface area contributed by atoms with Crippen LogP contribution in [0.1, 0.15) is 19.3 Å². The van der Waals surface area contributed by atoms with Crippen molar-refractivity contribution in [3.8, 4) is 0 Å². The molecule has 1 aliphatic carbocycles. The number of anilines is 2. The van der Waals surface area contributed by atoms with Crippen molar-refractivity contribution in [1.82, 2.24) is 0 Å². The van der Waals surface area contributed by atoms with Gasteiger partial charge in [-0.05, 0) is 24.6 Å². The number of rotatable bonds is 1. The van der Waals surface area contributed by atoms with Gasteiger partial charge in [-0.15, -0.1) is 11.8 Å². The van der Waals surface area contributed by atoms with Gasteiger partial charge < -0.3 is 10.6 Å². The van der Waals surface area contributed by atoms with Gasteiger partial charge in [-0.25, -0.2) is 4.58 Å². The van der Waals surface area contributed by atoms with E-state index < -0.39 is 0 Å². The molecule has 1 saturated carbocycles. The summed E-state index contributed by atoms with van der Waals surface area (Å²) < 4.78 is 2.30. The molecule has 0 unspecified atom stereocenters. The first-order valence-corrected chi connectivity index (χ1v) is 7.82. The van der Waals surface area contributed by atoms with Gasteiger partial charge in [-0.2, -0.15) is 0 Å². The highest BCUT2D eigenvalue weighted by molar-refractivity contribution is 8.00. The van der Waals surface area contributed by atoms with Crippen LogP contribution in [0.3, 0.4) is 0 Å². The fourth-order valence-corrected chi connectivity index (χ4v) is 4.36. The lowest BCUT2D eigenvalue weighted by Crippen LogP contribution is -2.41. The molecule has 0 spiro atoms. The van der Waals surface area contributed by atoms with Gasteiger partial charge in [0, 0.05) is 47.5 Å². The van der Waals surface area contributed by atoms with Gasteiger partial charge in [0.05, 0.1) is 0 Å². The highest BCUT2D eigenvalue weighted by atomic mass is 32.2. The monoisotopic (exact) mass is 276 g/mol. The Hall–Kier alpha value is -1.16. The van der Waals surface area contributed by atoms with E-state index in [4.69, 9.17) is 0 Å². The number of benzene rings is 1. The van der Waals surface area contributed by atoms with E-state index in [0.717, 1.165) is 0 Å². The third kappa shape index (κ3) is 2.46. The van der Waals surface area contributed by atoms with E-state index in [1.54, 1.807) is 5.71 Å². The molecule has 0 radical (unpaired) electrons. The molecule has 2 aliphatic rings. The molecule has 19 heavy (non-hydrogen) atoms. The molecule has 1 heterocycles. The number of nitrogens with zero attached hydrogens (tertiary/aromatic N) is 1. The number of hydrogen-bond donors (Lipinski definition) is 2. The van der Waals surface area contributed by atoms with E-state index in [1.165, 1.54) is 35.5 Å². The summed E-state index contributed by atoms with van der Waals surface area (Å²) in [7, 11) is 6.32. The second-order valence-electron chi connectivity index (χ2n) is 5.57. The average molecular weight is 276 g/mol. The Kier molecular flexibility index (Phi) is 3.44. The lowest BCUT2D eigenvalue weighted by Gasteiger charge is -2.37. The van der Waals surface area contributed by atoms with Gasteiger partial charge >= 0.3 is 0 Å². The molecule has 1 aliphatic heterocycles. The van der Waals surface area contributed by atoms with Crippen molar-refractivity contribution in [3.63, 3.8) is 0 Å². The molecule has 2 atom stereocenters. The van der Waals surface area contributed by atoms with Crippen molar-refractivity contribution in [2.45, 2.75) is 35.4 Å². The molecule has 1 aromatic carbocycles. The van der Waals surface area contributed by atoms with Crippen LogP contribution in [0.25, 0.3) is 0 Å². The first kappa shape index (κ1) is 12.9. The van der Waals surface area contributed by atoms with Crippen molar-refractivity contribution in [2.75, 3.05) is 31.8 Å². The zero-order chi connectivity index (χ0) is 13.4. The highest BCUT2D eigenvalue weighted by Gasteiger charge is 2.35. The molecule has 4 heteroatoms. The Balaban J connectivity index is 1.86. The summed E-state index contributed by atoms with van der Waals surface area (Å²) in [6, 6.07) is 7.23. The van der Waals surface area contributed by atoms with Crippen molar-refractivity contribution in [2.24, 2.45) is 0 Å². The van der Waals surface area contributed by atoms with Crippen LogP contribution in [0.5, 0.6) is 0 Å². The number of nitrogens with one attached hydrogen (secondary N) is 2. The highest BCUT2D eigenvalue weighted by Crippen LogP contribution is 2.43. The Bertz CT molecular complexity index is 520. The first-order chi connectivity index (χ1) is 9.17. The predicted octanol–water partition coefficient (Wildman–Crippen LogP) is 2.88. The van der Waals surface area contributed by atoms with Crippen LogP contribution < -0.4 is 10.6 Å². The Morgan fingerprint density at radius 3 is 2.95 bits per heavy atom. The number of thioether (sulfide) groups is 1. The first-order valence-electron chi connectivity index (χ1n) is 6.94. The Labute approximate surface area is 119 Å². The van der Waals surface area contributed by atoms with Crippen LogP contribution in [0.2, 0.25) is 0 Å². The van der Waals surface area contributed by atoms with Crippen LogP contribution in [-0.4, -0.2) is 42.7 Å². The Morgan fingerprint density at radius 2 is 2.21 bits per heavy atom. The topological polar surface area (TPSA) is 27.1 Å². The molecular weight excluding hydrogens is 254 g/mol.